The average molecular weight is 378 g/mol. The summed E-state index contributed by atoms with van der Waals surface area (Å²) < 4.78 is 13.2. The Hall–Kier alpha value is -2.44. The van der Waals surface area contributed by atoms with Crippen LogP contribution in [0.1, 0.15) is 27.1 Å². The van der Waals surface area contributed by atoms with Crippen LogP contribution in [0.5, 0.6) is 0 Å². The van der Waals surface area contributed by atoms with Gasteiger partial charge in [-0.2, -0.15) is 0 Å². The number of halogens is 2. The van der Waals surface area contributed by atoms with Crippen LogP contribution in [-0.2, 0) is 0 Å². The first-order valence-corrected chi connectivity index (χ1v) is 8.54. The Balaban J connectivity index is 1.99. The molecule has 2 aromatic rings. The van der Waals surface area contributed by atoms with Crippen LogP contribution in [-0.4, -0.2) is 43.9 Å². The van der Waals surface area contributed by atoms with Crippen LogP contribution in [0, 0.1) is 5.82 Å². The molecule has 2 rings (SSSR count). The predicted octanol–water partition coefficient (Wildman–Crippen LogP) is 3.41. The van der Waals surface area contributed by atoms with E-state index in [0.29, 0.717) is 23.4 Å². The average Bonchev–Trinajstić information content (AvgIpc) is 2.61. The second-order valence-corrected chi connectivity index (χ2v) is 6.48. The van der Waals surface area contributed by atoms with Gasteiger partial charge < -0.3 is 15.5 Å². The molecule has 2 aromatic carbocycles. The van der Waals surface area contributed by atoms with Crippen molar-refractivity contribution in [1.29, 1.82) is 0 Å². The van der Waals surface area contributed by atoms with Gasteiger partial charge in [0.15, 0.2) is 0 Å². The molecule has 0 aliphatic rings. The lowest BCUT2D eigenvalue weighted by atomic mass is 10.1. The monoisotopic (exact) mass is 377 g/mol. The van der Waals surface area contributed by atoms with Gasteiger partial charge in [0.25, 0.3) is 11.8 Å². The van der Waals surface area contributed by atoms with Crippen LogP contribution in [0.25, 0.3) is 0 Å². The van der Waals surface area contributed by atoms with E-state index in [1.807, 2.05) is 19.0 Å². The highest BCUT2D eigenvalue weighted by molar-refractivity contribution is 6.31. The number of carbonyl (C=O) groups is 2. The van der Waals surface area contributed by atoms with Crippen molar-refractivity contribution in [3.8, 4) is 0 Å². The molecule has 0 aliphatic heterocycles. The number of hydrogen-bond acceptors (Lipinski definition) is 3. The Morgan fingerprint density at radius 2 is 1.77 bits per heavy atom. The van der Waals surface area contributed by atoms with E-state index in [1.54, 1.807) is 18.2 Å². The standard InChI is InChI=1S/C19H21ClFN3O2/c1-24(2)10-4-9-22-18(25)13-5-3-6-14(11-13)19(26)23-15-7-8-17(21)16(20)12-15/h3,5-8,11-12H,4,9-10H2,1-2H3,(H,22,25)(H,23,26). The molecule has 0 atom stereocenters. The largest absolute Gasteiger partial charge is 0.352 e. The summed E-state index contributed by atoms with van der Waals surface area (Å²) in [7, 11) is 3.94. The lowest BCUT2D eigenvalue weighted by molar-refractivity contribution is 0.0952. The molecule has 0 saturated heterocycles. The molecule has 5 nitrogen and oxygen atoms in total. The first kappa shape index (κ1) is 19.9. The van der Waals surface area contributed by atoms with Gasteiger partial charge in [-0.25, -0.2) is 4.39 Å². The summed E-state index contributed by atoms with van der Waals surface area (Å²) in [5.41, 5.74) is 1.10. The molecule has 0 radical (unpaired) electrons. The van der Waals surface area contributed by atoms with Crippen molar-refractivity contribution in [1.82, 2.24) is 10.2 Å². The van der Waals surface area contributed by atoms with E-state index >= 15 is 0 Å². The molecule has 0 unspecified atom stereocenters. The smallest absolute Gasteiger partial charge is 0.255 e. The molecule has 2 N–H and O–H groups in total. The lowest BCUT2D eigenvalue weighted by Gasteiger charge is -2.10. The fourth-order valence-corrected chi connectivity index (χ4v) is 2.46. The number of rotatable bonds is 7. The first-order valence-electron chi connectivity index (χ1n) is 8.16. The Labute approximate surface area is 157 Å². The maximum atomic E-state index is 13.2. The van der Waals surface area contributed by atoms with E-state index in [9.17, 15) is 14.0 Å². The van der Waals surface area contributed by atoms with Crippen molar-refractivity contribution in [2.24, 2.45) is 0 Å². The Kier molecular flexibility index (Phi) is 7.12. The minimum Gasteiger partial charge on any atom is -0.352 e. The van der Waals surface area contributed by atoms with Crippen LogP contribution in [0.3, 0.4) is 0 Å². The number of amides is 2. The highest BCUT2D eigenvalue weighted by Crippen LogP contribution is 2.20. The third-order valence-corrected chi connectivity index (χ3v) is 3.92. The Morgan fingerprint density at radius 3 is 2.42 bits per heavy atom. The summed E-state index contributed by atoms with van der Waals surface area (Å²) in [6.45, 7) is 1.43. The Morgan fingerprint density at radius 1 is 1.08 bits per heavy atom. The number of carbonyl (C=O) groups excluding carboxylic acids is 2. The molecule has 7 heteroatoms. The van der Waals surface area contributed by atoms with Gasteiger partial charge in [-0.15, -0.1) is 0 Å². The maximum Gasteiger partial charge on any atom is 0.255 e. The number of benzene rings is 2. The summed E-state index contributed by atoms with van der Waals surface area (Å²) >= 11 is 5.71. The molecule has 0 aliphatic carbocycles. The van der Waals surface area contributed by atoms with Gasteiger partial charge in [0.1, 0.15) is 5.82 Å². The molecule has 0 saturated carbocycles. The third kappa shape index (κ3) is 5.82. The van der Waals surface area contributed by atoms with Gasteiger partial charge in [-0.3, -0.25) is 9.59 Å². The van der Waals surface area contributed by atoms with Crippen molar-refractivity contribution < 1.29 is 14.0 Å². The molecule has 2 amide bonds. The van der Waals surface area contributed by atoms with Crippen molar-refractivity contribution in [3.05, 3.63) is 64.4 Å². The van der Waals surface area contributed by atoms with Crippen molar-refractivity contribution in [3.63, 3.8) is 0 Å². The van der Waals surface area contributed by atoms with Crippen LogP contribution in [0.4, 0.5) is 10.1 Å². The summed E-state index contributed by atoms with van der Waals surface area (Å²) in [6.07, 6.45) is 0.838. The van der Waals surface area contributed by atoms with Gasteiger partial charge in [0.2, 0.25) is 0 Å². The van der Waals surface area contributed by atoms with Crippen LogP contribution in [0.2, 0.25) is 5.02 Å². The minimum absolute atomic E-state index is 0.0753. The quantitative estimate of drug-likeness (QED) is 0.727. The summed E-state index contributed by atoms with van der Waals surface area (Å²) in [5, 5.41) is 5.38. The normalized spacial score (nSPS) is 10.7. The lowest BCUT2D eigenvalue weighted by Crippen LogP contribution is -2.27. The molecule has 26 heavy (non-hydrogen) atoms. The fourth-order valence-electron chi connectivity index (χ4n) is 2.28. The van der Waals surface area contributed by atoms with Crippen LogP contribution >= 0.6 is 11.6 Å². The number of nitrogens with one attached hydrogen (secondary N) is 2. The van der Waals surface area contributed by atoms with Gasteiger partial charge in [0, 0.05) is 23.4 Å². The summed E-state index contributed by atoms with van der Waals surface area (Å²) in [4.78, 5) is 26.6. The summed E-state index contributed by atoms with van der Waals surface area (Å²) in [6, 6.07) is 10.3. The zero-order chi connectivity index (χ0) is 19.1. The van der Waals surface area contributed by atoms with E-state index in [2.05, 4.69) is 10.6 Å². The molecular formula is C19H21ClFN3O2. The van der Waals surface area contributed by atoms with Gasteiger partial charge in [-0.1, -0.05) is 17.7 Å². The molecule has 0 heterocycles. The van der Waals surface area contributed by atoms with Crippen molar-refractivity contribution in [2.75, 3.05) is 32.5 Å². The predicted molar refractivity (Wildman–Crippen MR) is 101 cm³/mol. The van der Waals surface area contributed by atoms with E-state index in [1.165, 1.54) is 24.3 Å². The van der Waals surface area contributed by atoms with Crippen molar-refractivity contribution >= 4 is 29.1 Å². The highest BCUT2D eigenvalue weighted by Gasteiger charge is 2.11. The minimum atomic E-state index is -0.558. The topological polar surface area (TPSA) is 61.4 Å². The van der Waals surface area contributed by atoms with Gasteiger partial charge in [-0.05, 0) is 63.5 Å². The molecule has 0 bridgehead atoms. The third-order valence-electron chi connectivity index (χ3n) is 3.63. The van der Waals surface area contributed by atoms with Crippen LogP contribution < -0.4 is 10.6 Å². The van der Waals surface area contributed by atoms with E-state index < -0.39 is 11.7 Å². The molecule has 0 spiro atoms. The SMILES string of the molecule is CN(C)CCCNC(=O)c1cccc(C(=O)Nc2ccc(F)c(Cl)c2)c1. The molecule has 0 fully saturated rings. The molecule has 0 aromatic heterocycles. The number of anilines is 1. The second-order valence-electron chi connectivity index (χ2n) is 6.08. The Bertz CT molecular complexity index is 796. The van der Waals surface area contributed by atoms with E-state index in [-0.39, 0.29) is 10.9 Å². The zero-order valence-electron chi connectivity index (χ0n) is 14.7. The zero-order valence-corrected chi connectivity index (χ0v) is 15.4. The highest BCUT2D eigenvalue weighted by atomic mass is 35.5. The van der Waals surface area contributed by atoms with Gasteiger partial charge >= 0.3 is 0 Å². The fraction of sp³-hybridized carbons (Fsp3) is 0.263. The van der Waals surface area contributed by atoms with Crippen molar-refractivity contribution in [2.45, 2.75) is 6.42 Å². The van der Waals surface area contributed by atoms with E-state index in [0.717, 1.165) is 13.0 Å². The van der Waals surface area contributed by atoms with Gasteiger partial charge in [0.05, 0.1) is 5.02 Å². The molecule has 138 valence electrons. The maximum absolute atomic E-state index is 13.2. The number of nitrogens with zero attached hydrogens (tertiary/aromatic N) is 1. The van der Waals surface area contributed by atoms with Crippen LogP contribution in [0.15, 0.2) is 42.5 Å². The summed E-state index contributed by atoms with van der Waals surface area (Å²) in [5.74, 6) is -1.20. The number of hydrogen-bond donors (Lipinski definition) is 2. The molecular weight excluding hydrogens is 357 g/mol. The van der Waals surface area contributed by atoms with E-state index in [4.69, 9.17) is 11.6 Å². The second kappa shape index (κ2) is 9.31. The first-order chi connectivity index (χ1) is 12.4.